The van der Waals surface area contributed by atoms with E-state index in [1.54, 1.807) is 0 Å². The maximum absolute atomic E-state index is 13.0. The molecule has 0 amide bonds. The molecule has 0 aromatic heterocycles. The van der Waals surface area contributed by atoms with Gasteiger partial charge in [-0.15, -0.1) is 6.58 Å². The monoisotopic (exact) mass is 190 g/mol. The quantitative estimate of drug-likeness (QED) is 0.515. The normalized spacial score (nSPS) is 17.5. The number of nitrogens with two attached hydrogens (primary N) is 2. The lowest BCUT2D eigenvalue weighted by Crippen LogP contribution is -2.34. The molecule has 5 N–H and O–H groups in total. The van der Waals surface area contributed by atoms with E-state index in [0.29, 0.717) is 0 Å². The molecule has 0 aromatic carbocycles. The minimum absolute atomic E-state index is 0.0423. The van der Waals surface area contributed by atoms with Crippen LogP contribution in [0.5, 0.6) is 0 Å². The molecular formula is C8H15FN2O2. The Kier molecular flexibility index (Phi) is 5.25. The van der Waals surface area contributed by atoms with Gasteiger partial charge >= 0.3 is 5.97 Å². The minimum Gasteiger partial charge on any atom is -0.480 e. The van der Waals surface area contributed by atoms with Crippen molar-refractivity contribution in [1.82, 2.24) is 0 Å². The molecule has 0 fully saturated rings. The average Bonchev–Trinajstić information content (AvgIpc) is 2.11. The number of carboxylic acid groups (broad SMARTS) is 1. The lowest BCUT2D eigenvalue weighted by atomic mass is 10.0. The molecule has 0 saturated heterocycles. The fourth-order valence-corrected chi connectivity index (χ4v) is 0.802. The summed E-state index contributed by atoms with van der Waals surface area (Å²) in [5.41, 5.74) is 10.5. The van der Waals surface area contributed by atoms with Gasteiger partial charge in [-0.05, 0) is 12.8 Å². The third-order valence-electron chi connectivity index (χ3n) is 1.76. The van der Waals surface area contributed by atoms with Crippen molar-refractivity contribution in [1.29, 1.82) is 0 Å². The Morgan fingerprint density at radius 2 is 2.08 bits per heavy atom. The molecule has 4 nitrogen and oxygen atoms in total. The summed E-state index contributed by atoms with van der Waals surface area (Å²) in [6, 6.07) is -1.77. The van der Waals surface area contributed by atoms with Crippen molar-refractivity contribution in [2.45, 2.75) is 31.1 Å². The Morgan fingerprint density at radius 3 is 2.46 bits per heavy atom. The molecule has 0 aliphatic carbocycles. The fraction of sp³-hybridized carbons (Fsp3) is 0.625. The van der Waals surface area contributed by atoms with E-state index in [-0.39, 0.29) is 12.8 Å². The Labute approximate surface area is 76.4 Å². The zero-order valence-corrected chi connectivity index (χ0v) is 7.32. The number of carboxylic acids is 1. The molecule has 0 aliphatic rings. The van der Waals surface area contributed by atoms with Gasteiger partial charge < -0.3 is 16.6 Å². The lowest BCUT2D eigenvalue weighted by molar-refractivity contribution is -0.138. The van der Waals surface area contributed by atoms with Gasteiger partial charge in [0.25, 0.3) is 0 Å². The summed E-state index contributed by atoms with van der Waals surface area (Å²) in [6.45, 7) is 3.33. The summed E-state index contributed by atoms with van der Waals surface area (Å²) in [5, 5.41) is 8.39. The van der Waals surface area contributed by atoms with Gasteiger partial charge in [0.15, 0.2) is 0 Å². The molecule has 0 rings (SSSR count). The summed E-state index contributed by atoms with van der Waals surface area (Å²) >= 11 is 0. The number of alkyl halides is 1. The van der Waals surface area contributed by atoms with Crippen molar-refractivity contribution in [2.24, 2.45) is 11.5 Å². The summed E-state index contributed by atoms with van der Waals surface area (Å²) in [7, 11) is 0. The molecule has 0 spiro atoms. The molecule has 2 unspecified atom stereocenters. The number of hydrogen-bond donors (Lipinski definition) is 3. The molecule has 13 heavy (non-hydrogen) atoms. The molecule has 0 aromatic rings. The van der Waals surface area contributed by atoms with Crippen LogP contribution in [0.2, 0.25) is 0 Å². The Hall–Kier alpha value is -0.940. The standard InChI is InChI=1S/C8H15FN2O2/c1-2-6(10)5(9)3-4-7(11)8(12)13/h2,5-7H,1,3-4,10-11H2,(H,12,13)/t5?,6?,7-/m0/s1. The van der Waals surface area contributed by atoms with Crippen molar-refractivity contribution in [3.63, 3.8) is 0 Å². The average molecular weight is 190 g/mol. The Balaban J connectivity index is 3.75. The zero-order chi connectivity index (χ0) is 10.4. The molecule has 0 bridgehead atoms. The molecule has 0 radical (unpaired) electrons. The van der Waals surface area contributed by atoms with Gasteiger partial charge in [0.05, 0.1) is 6.04 Å². The highest BCUT2D eigenvalue weighted by molar-refractivity contribution is 5.72. The highest BCUT2D eigenvalue weighted by Crippen LogP contribution is 2.07. The van der Waals surface area contributed by atoms with E-state index in [1.807, 2.05) is 0 Å². The van der Waals surface area contributed by atoms with Gasteiger partial charge in [-0.3, -0.25) is 4.79 Å². The van der Waals surface area contributed by atoms with Crippen LogP contribution in [0.1, 0.15) is 12.8 Å². The second-order valence-electron chi connectivity index (χ2n) is 2.85. The van der Waals surface area contributed by atoms with E-state index >= 15 is 0 Å². The van der Waals surface area contributed by atoms with E-state index in [4.69, 9.17) is 16.6 Å². The number of carbonyl (C=O) groups is 1. The second kappa shape index (κ2) is 5.66. The smallest absolute Gasteiger partial charge is 0.320 e. The van der Waals surface area contributed by atoms with Crippen LogP contribution in [0, 0.1) is 0 Å². The van der Waals surface area contributed by atoms with Crippen LogP contribution in [0.4, 0.5) is 4.39 Å². The number of aliphatic carboxylic acids is 1. The van der Waals surface area contributed by atoms with Gasteiger partial charge in [0, 0.05) is 0 Å². The first-order valence-electron chi connectivity index (χ1n) is 3.99. The Bertz CT molecular complexity index is 187. The fourth-order valence-electron chi connectivity index (χ4n) is 0.802. The van der Waals surface area contributed by atoms with Crippen LogP contribution in [-0.2, 0) is 4.79 Å². The van der Waals surface area contributed by atoms with Crippen molar-refractivity contribution in [2.75, 3.05) is 0 Å². The number of rotatable bonds is 6. The first kappa shape index (κ1) is 12.1. The summed E-state index contributed by atoms with van der Waals surface area (Å²) in [5.74, 6) is -1.13. The SMILES string of the molecule is C=CC(N)C(F)CC[C@H](N)C(=O)O. The third-order valence-corrected chi connectivity index (χ3v) is 1.76. The Morgan fingerprint density at radius 1 is 1.54 bits per heavy atom. The molecular weight excluding hydrogens is 175 g/mol. The van der Waals surface area contributed by atoms with Crippen molar-refractivity contribution in [3.05, 3.63) is 12.7 Å². The van der Waals surface area contributed by atoms with Crippen molar-refractivity contribution in [3.8, 4) is 0 Å². The molecule has 5 heteroatoms. The van der Waals surface area contributed by atoms with Gasteiger partial charge in [-0.1, -0.05) is 6.08 Å². The second-order valence-corrected chi connectivity index (χ2v) is 2.85. The molecule has 0 aliphatic heterocycles. The maximum atomic E-state index is 13.0. The van der Waals surface area contributed by atoms with Crippen molar-refractivity contribution >= 4 is 5.97 Å². The summed E-state index contributed by atoms with van der Waals surface area (Å²) in [6.07, 6.45) is 0.137. The van der Waals surface area contributed by atoms with E-state index < -0.39 is 24.2 Å². The van der Waals surface area contributed by atoms with Gasteiger partial charge in [0.1, 0.15) is 12.2 Å². The third kappa shape index (κ3) is 4.59. The van der Waals surface area contributed by atoms with E-state index in [2.05, 4.69) is 6.58 Å². The van der Waals surface area contributed by atoms with Gasteiger partial charge in [-0.2, -0.15) is 0 Å². The first-order valence-corrected chi connectivity index (χ1v) is 3.99. The largest absolute Gasteiger partial charge is 0.480 e. The number of halogens is 1. The first-order chi connectivity index (χ1) is 5.99. The molecule has 0 heterocycles. The predicted molar refractivity (Wildman–Crippen MR) is 47.9 cm³/mol. The molecule has 0 saturated carbocycles. The minimum atomic E-state index is -1.28. The highest BCUT2D eigenvalue weighted by atomic mass is 19.1. The lowest BCUT2D eigenvalue weighted by Gasteiger charge is -2.13. The molecule has 76 valence electrons. The maximum Gasteiger partial charge on any atom is 0.320 e. The highest BCUT2D eigenvalue weighted by Gasteiger charge is 2.18. The van der Waals surface area contributed by atoms with Crippen LogP contribution in [-0.4, -0.2) is 29.3 Å². The predicted octanol–water partition coefficient (Wildman–Crippen LogP) is 0.0299. The molecule has 3 atom stereocenters. The van der Waals surface area contributed by atoms with Crippen LogP contribution < -0.4 is 11.5 Å². The van der Waals surface area contributed by atoms with E-state index in [0.717, 1.165) is 0 Å². The summed E-state index contributed by atoms with van der Waals surface area (Å²) < 4.78 is 13.0. The summed E-state index contributed by atoms with van der Waals surface area (Å²) in [4.78, 5) is 10.3. The van der Waals surface area contributed by atoms with Crippen LogP contribution in [0.3, 0.4) is 0 Å². The van der Waals surface area contributed by atoms with E-state index in [1.165, 1.54) is 6.08 Å². The number of hydrogen-bond acceptors (Lipinski definition) is 3. The van der Waals surface area contributed by atoms with Gasteiger partial charge in [-0.25, -0.2) is 4.39 Å². The zero-order valence-electron chi connectivity index (χ0n) is 7.32. The van der Waals surface area contributed by atoms with Crippen LogP contribution in [0.15, 0.2) is 12.7 Å². The van der Waals surface area contributed by atoms with Crippen molar-refractivity contribution < 1.29 is 14.3 Å². The van der Waals surface area contributed by atoms with E-state index in [9.17, 15) is 9.18 Å². The van der Waals surface area contributed by atoms with Gasteiger partial charge in [0.2, 0.25) is 0 Å². The topological polar surface area (TPSA) is 89.3 Å². The van der Waals surface area contributed by atoms with Crippen LogP contribution >= 0.6 is 0 Å². The van der Waals surface area contributed by atoms with Crippen LogP contribution in [0.25, 0.3) is 0 Å².